The maximum absolute atomic E-state index is 13.1. The lowest BCUT2D eigenvalue weighted by atomic mass is 9.97. The highest BCUT2D eigenvalue weighted by Gasteiger charge is 2.11. The first-order chi connectivity index (χ1) is 6.02. The molecule has 1 aromatic rings. The number of benzene rings is 1. The van der Waals surface area contributed by atoms with Crippen molar-refractivity contribution in [2.45, 2.75) is 19.9 Å². The Labute approximate surface area is 91.7 Å². The van der Waals surface area contributed by atoms with Gasteiger partial charge in [-0.1, -0.05) is 19.9 Å². The third-order valence-corrected chi connectivity index (χ3v) is 2.92. The molecule has 3 heteroatoms. The van der Waals surface area contributed by atoms with E-state index >= 15 is 0 Å². The summed E-state index contributed by atoms with van der Waals surface area (Å²) in [6, 6.07) is 5.08. The molecule has 0 saturated carbocycles. The third kappa shape index (κ3) is 2.64. The molecule has 0 amide bonds. The molecular weight excluding hydrogens is 280 g/mol. The summed E-state index contributed by atoms with van der Waals surface area (Å²) in [6.07, 6.45) is 0. The van der Waals surface area contributed by atoms with Crippen molar-refractivity contribution in [3.63, 3.8) is 0 Å². The van der Waals surface area contributed by atoms with Gasteiger partial charge in [-0.2, -0.15) is 0 Å². The highest BCUT2D eigenvalue weighted by Crippen LogP contribution is 2.21. The molecule has 0 aliphatic rings. The zero-order valence-electron chi connectivity index (χ0n) is 7.72. The highest BCUT2D eigenvalue weighted by atomic mass is 127. The van der Waals surface area contributed by atoms with Crippen LogP contribution in [-0.2, 0) is 0 Å². The summed E-state index contributed by atoms with van der Waals surface area (Å²) in [6.45, 7) is 4.06. The van der Waals surface area contributed by atoms with E-state index in [1.807, 2.05) is 42.5 Å². The quantitative estimate of drug-likeness (QED) is 0.833. The average Bonchev–Trinajstić information content (AvgIpc) is 2.08. The molecule has 1 nitrogen and oxygen atoms in total. The fourth-order valence-corrected chi connectivity index (χ4v) is 1.44. The minimum Gasteiger partial charge on any atom is -0.324 e. The van der Waals surface area contributed by atoms with Crippen LogP contribution in [0.5, 0.6) is 0 Å². The Bertz CT molecular complexity index is 299. The average molecular weight is 293 g/mol. The summed E-state index contributed by atoms with van der Waals surface area (Å²) >= 11 is 1.97. The summed E-state index contributed by atoms with van der Waals surface area (Å²) in [4.78, 5) is 0. The van der Waals surface area contributed by atoms with Gasteiger partial charge in [0.15, 0.2) is 0 Å². The van der Waals surface area contributed by atoms with Crippen molar-refractivity contribution in [3.05, 3.63) is 33.1 Å². The molecule has 0 unspecified atom stereocenters. The van der Waals surface area contributed by atoms with Crippen molar-refractivity contribution in [1.29, 1.82) is 0 Å². The molecule has 0 fully saturated rings. The van der Waals surface area contributed by atoms with E-state index in [0.717, 1.165) is 5.56 Å². The van der Waals surface area contributed by atoms with Crippen molar-refractivity contribution in [2.24, 2.45) is 11.7 Å². The Hall–Kier alpha value is -0.160. The first-order valence-electron chi connectivity index (χ1n) is 4.23. The fourth-order valence-electron chi connectivity index (χ4n) is 1.10. The van der Waals surface area contributed by atoms with E-state index in [9.17, 15) is 4.39 Å². The molecule has 1 rings (SSSR count). The fraction of sp³-hybridized carbons (Fsp3) is 0.400. The van der Waals surface area contributed by atoms with E-state index in [1.165, 1.54) is 6.07 Å². The van der Waals surface area contributed by atoms with Gasteiger partial charge in [0.1, 0.15) is 5.82 Å². The smallest absolute Gasteiger partial charge is 0.136 e. The number of halogens is 2. The second-order valence-corrected chi connectivity index (χ2v) is 4.61. The maximum Gasteiger partial charge on any atom is 0.136 e. The number of hydrogen-bond donors (Lipinski definition) is 1. The van der Waals surface area contributed by atoms with Gasteiger partial charge in [0.2, 0.25) is 0 Å². The Balaban J connectivity index is 2.97. The molecule has 0 radical (unpaired) electrons. The van der Waals surface area contributed by atoms with Gasteiger partial charge in [-0.15, -0.1) is 0 Å². The van der Waals surface area contributed by atoms with E-state index in [0.29, 0.717) is 9.49 Å². The lowest BCUT2D eigenvalue weighted by molar-refractivity contribution is 0.509. The molecule has 0 aliphatic heterocycles. The molecule has 0 bridgehead atoms. The number of nitrogens with two attached hydrogens (primary N) is 1. The first kappa shape index (κ1) is 10.9. The highest BCUT2D eigenvalue weighted by molar-refractivity contribution is 14.1. The van der Waals surface area contributed by atoms with E-state index in [-0.39, 0.29) is 11.9 Å². The number of rotatable bonds is 2. The van der Waals surface area contributed by atoms with E-state index in [4.69, 9.17) is 5.73 Å². The van der Waals surface area contributed by atoms with E-state index in [2.05, 4.69) is 0 Å². The molecule has 0 aliphatic carbocycles. The minimum absolute atomic E-state index is 0.0773. The largest absolute Gasteiger partial charge is 0.324 e. The van der Waals surface area contributed by atoms with Gasteiger partial charge < -0.3 is 5.73 Å². The number of hydrogen-bond acceptors (Lipinski definition) is 1. The van der Waals surface area contributed by atoms with Gasteiger partial charge in [-0.3, -0.25) is 0 Å². The topological polar surface area (TPSA) is 26.0 Å². The molecule has 13 heavy (non-hydrogen) atoms. The summed E-state index contributed by atoms with van der Waals surface area (Å²) in [5.41, 5.74) is 6.76. The zero-order chi connectivity index (χ0) is 10.0. The molecule has 2 N–H and O–H groups in total. The van der Waals surface area contributed by atoms with Gasteiger partial charge in [-0.25, -0.2) is 4.39 Å². The Morgan fingerprint density at radius 2 is 2.00 bits per heavy atom. The van der Waals surface area contributed by atoms with Crippen LogP contribution < -0.4 is 5.73 Å². The zero-order valence-corrected chi connectivity index (χ0v) is 9.88. The Morgan fingerprint density at radius 3 is 2.46 bits per heavy atom. The monoisotopic (exact) mass is 293 g/mol. The van der Waals surface area contributed by atoms with Crippen LogP contribution in [-0.4, -0.2) is 0 Å². The second-order valence-electron chi connectivity index (χ2n) is 3.44. The second kappa shape index (κ2) is 4.37. The van der Waals surface area contributed by atoms with Crippen LogP contribution in [0, 0.1) is 15.3 Å². The summed E-state index contributed by atoms with van der Waals surface area (Å²) in [5, 5.41) is 0. The van der Waals surface area contributed by atoms with E-state index in [1.54, 1.807) is 6.07 Å². The lowest BCUT2D eigenvalue weighted by Gasteiger charge is -2.16. The van der Waals surface area contributed by atoms with Crippen LogP contribution in [0.4, 0.5) is 4.39 Å². The maximum atomic E-state index is 13.1. The van der Waals surface area contributed by atoms with Crippen LogP contribution in [0.1, 0.15) is 25.5 Å². The third-order valence-electron chi connectivity index (χ3n) is 2.05. The van der Waals surface area contributed by atoms with Gasteiger partial charge in [0.05, 0.1) is 0 Å². The van der Waals surface area contributed by atoms with Crippen molar-refractivity contribution in [1.82, 2.24) is 0 Å². The van der Waals surface area contributed by atoms with Crippen molar-refractivity contribution in [3.8, 4) is 0 Å². The Morgan fingerprint density at radius 1 is 1.38 bits per heavy atom. The van der Waals surface area contributed by atoms with Crippen LogP contribution in [0.15, 0.2) is 18.2 Å². The van der Waals surface area contributed by atoms with Crippen molar-refractivity contribution in [2.75, 3.05) is 0 Å². The molecule has 1 atom stereocenters. The molecular formula is C10H13FIN. The lowest BCUT2D eigenvalue weighted by Crippen LogP contribution is -2.16. The van der Waals surface area contributed by atoms with Crippen LogP contribution in [0.25, 0.3) is 0 Å². The van der Waals surface area contributed by atoms with Gasteiger partial charge >= 0.3 is 0 Å². The molecule has 0 heterocycles. The van der Waals surface area contributed by atoms with E-state index < -0.39 is 0 Å². The standard InChI is InChI=1S/C10H13FIN/c1-6(2)10(13)7-3-4-9(12)8(11)5-7/h3-6,10H,13H2,1-2H3/t10-/m1/s1. The van der Waals surface area contributed by atoms with Gasteiger partial charge in [-0.05, 0) is 46.2 Å². The SMILES string of the molecule is CC(C)[C@@H](N)c1ccc(I)c(F)c1. The molecule has 0 saturated heterocycles. The van der Waals surface area contributed by atoms with Crippen molar-refractivity contribution < 1.29 is 4.39 Å². The summed E-state index contributed by atoms with van der Waals surface area (Å²) < 4.78 is 13.8. The molecule has 0 spiro atoms. The summed E-state index contributed by atoms with van der Waals surface area (Å²) in [5.74, 6) is 0.147. The van der Waals surface area contributed by atoms with Gasteiger partial charge in [0, 0.05) is 9.61 Å². The first-order valence-corrected chi connectivity index (χ1v) is 5.30. The predicted octanol–water partition coefficient (Wildman–Crippen LogP) is 3.09. The van der Waals surface area contributed by atoms with Crippen molar-refractivity contribution >= 4 is 22.6 Å². The van der Waals surface area contributed by atoms with Gasteiger partial charge in [0.25, 0.3) is 0 Å². The molecule has 72 valence electrons. The van der Waals surface area contributed by atoms with Crippen LogP contribution >= 0.6 is 22.6 Å². The van der Waals surface area contributed by atoms with Crippen LogP contribution in [0.2, 0.25) is 0 Å². The van der Waals surface area contributed by atoms with Crippen LogP contribution in [0.3, 0.4) is 0 Å². The normalized spacial score (nSPS) is 13.4. The Kier molecular flexibility index (Phi) is 3.67. The minimum atomic E-state index is -0.186. The molecule has 0 aromatic heterocycles. The predicted molar refractivity (Wildman–Crippen MR) is 60.9 cm³/mol. The molecule has 1 aromatic carbocycles. The summed E-state index contributed by atoms with van der Waals surface area (Å²) in [7, 11) is 0.